The molecule has 0 aliphatic carbocycles. The summed E-state index contributed by atoms with van der Waals surface area (Å²) in [6, 6.07) is 2.80. The van der Waals surface area contributed by atoms with Crippen molar-refractivity contribution in [2.45, 2.75) is 6.04 Å². The Hall–Kier alpha value is -2.77. The van der Waals surface area contributed by atoms with Crippen LogP contribution in [0, 0.1) is 0 Å². The predicted molar refractivity (Wildman–Crippen MR) is 75.0 cm³/mol. The quantitative estimate of drug-likeness (QED) is 0.793. The molecule has 8 nitrogen and oxygen atoms in total. The molecule has 2 aromatic rings. The monoisotopic (exact) mass is 286 g/mol. The molecular formula is C13H14N6O2. The molecule has 0 spiro atoms. The lowest BCUT2D eigenvalue weighted by molar-refractivity contribution is 0.0922. The van der Waals surface area contributed by atoms with Crippen LogP contribution in [0.4, 0.5) is 5.82 Å². The zero-order valence-electron chi connectivity index (χ0n) is 11.4. The molecule has 21 heavy (non-hydrogen) atoms. The molecule has 0 saturated carbocycles. The summed E-state index contributed by atoms with van der Waals surface area (Å²) in [6.07, 6.45) is 4.94. The minimum Gasteiger partial charge on any atom is -0.351 e. The summed E-state index contributed by atoms with van der Waals surface area (Å²) in [4.78, 5) is 33.5. The number of aryl methyl sites for hydroxylation is 1. The van der Waals surface area contributed by atoms with Crippen molar-refractivity contribution >= 4 is 11.7 Å². The van der Waals surface area contributed by atoms with Crippen LogP contribution in [0.15, 0.2) is 35.5 Å². The molecule has 1 amide bonds. The Morgan fingerprint density at radius 1 is 1.33 bits per heavy atom. The van der Waals surface area contributed by atoms with Crippen LogP contribution in [0.3, 0.4) is 0 Å². The maximum Gasteiger partial charge on any atom is 0.272 e. The molecular weight excluding hydrogens is 272 g/mol. The molecule has 1 aliphatic heterocycles. The van der Waals surface area contributed by atoms with Crippen molar-refractivity contribution in [1.29, 1.82) is 0 Å². The number of hydrogen-bond donors (Lipinski definition) is 1. The van der Waals surface area contributed by atoms with Gasteiger partial charge in [-0.3, -0.25) is 14.6 Å². The van der Waals surface area contributed by atoms with Crippen molar-refractivity contribution in [3.05, 3.63) is 46.8 Å². The van der Waals surface area contributed by atoms with Gasteiger partial charge in [0, 0.05) is 38.6 Å². The zero-order chi connectivity index (χ0) is 14.8. The summed E-state index contributed by atoms with van der Waals surface area (Å²) in [5, 5.41) is 6.79. The summed E-state index contributed by atoms with van der Waals surface area (Å²) in [6.45, 7) is 1.35. The molecule has 0 atom stereocenters. The first-order valence-corrected chi connectivity index (χ1v) is 6.49. The summed E-state index contributed by atoms with van der Waals surface area (Å²) in [5.74, 6) is 0.512. The van der Waals surface area contributed by atoms with Gasteiger partial charge in [0.15, 0.2) is 0 Å². The third-order valence-corrected chi connectivity index (χ3v) is 3.28. The molecule has 0 unspecified atom stereocenters. The van der Waals surface area contributed by atoms with Crippen LogP contribution < -0.4 is 15.8 Å². The Morgan fingerprint density at radius 3 is 2.81 bits per heavy atom. The van der Waals surface area contributed by atoms with Crippen LogP contribution in [-0.2, 0) is 7.05 Å². The van der Waals surface area contributed by atoms with Crippen molar-refractivity contribution in [2.75, 3.05) is 18.0 Å². The van der Waals surface area contributed by atoms with E-state index >= 15 is 0 Å². The van der Waals surface area contributed by atoms with Gasteiger partial charge in [0.25, 0.3) is 11.5 Å². The lowest BCUT2D eigenvalue weighted by Crippen LogP contribution is -2.59. The van der Waals surface area contributed by atoms with Gasteiger partial charge in [0.1, 0.15) is 11.5 Å². The third kappa shape index (κ3) is 2.73. The molecule has 1 fully saturated rings. The lowest BCUT2D eigenvalue weighted by Gasteiger charge is -2.40. The second-order valence-corrected chi connectivity index (χ2v) is 4.82. The number of carbonyl (C=O) groups excluding carboxylic acids is 1. The van der Waals surface area contributed by atoms with E-state index in [2.05, 4.69) is 20.4 Å². The molecule has 0 radical (unpaired) electrons. The first-order valence-electron chi connectivity index (χ1n) is 6.49. The van der Waals surface area contributed by atoms with E-state index in [1.807, 2.05) is 4.90 Å². The highest BCUT2D eigenvalue weighted by Crippen LogP contribution is 2.16. The van der Waals surface area contributed by atoms with Crippen molar-refractivity contribution in [3.8, 4) is 0 Å². The van der Waals surface area contributed by atoms with Crippen LogP contribution in [-0.4, -0.2) is 44.8 Å². The molecule has 8 heteroatoms. The first-order chi connectivity index (χ1) is 10.1. The van der Waals surface area contributed by atoms with E-state index in [9.17, 15) is 9.59 Å². The van der Waals surface area contributed by atoms with Crippen molar-refractivity contribution in [1.82, 2.24) is 25.1 Å². The molecule has 0 aromatic carbocycles. The minimum atomic E-state index is -0.283. The number of anilines is 1. The normalized spacial score (nSPS) is 14.6. The van der Waals surface area contributed by atoms with Crippen LogP contribution in [0.2, 0.25) is 0 Å². The SMILES string of the molecule is Cn1nc(C(=O)NC2CN(c3cnccn3)C2)ccc1=O. The van der Waals surface area contributed by atoms with Crippen LogP contribution in [0.1, 0.15) is 10.5 Å². The van der Waals surface area contributed by atoms with Gasteiger partial charge in [-0.2, -0.15) is 5.10 Å². The van der Waals surface area contributed by atoms with Crippen LogP contribution in [0.5, 0.6) is 0 Å². The molecule has 1 saturated heterocycles. The van der Waals surface area contributed by atoms with Crippen LogP contribution >= 0.6 is 0 Å². The second kappa shape index (κ2) is 5.31. The molecule has 3 rings (SSSR count). The number of nitrogens with one attached hydrogen (secondary N) is 1. The molecule has 108 valence electrons. The summed E-state index contributed by atoms with van der Waals surface area (Å²) in [7, 11) is 1.51. The standard InChI is InChI=1S/C13H14N6O2/c1-18-12(20)3-2-10(17-18)13(21)16-9-7-19(8-9)11-6-14-4-5-15-11/h2-6,9H,7-8H2,1H3,(H,16,21). The minimum absolute atomic E-state index is 0.0403. The van der Waals surface area contributed by atoms with Crippen molar-refractivity contribution in [3.63, 3.8) is 0 Å². The van der Waals surface area contributed by atoms with Gasteiger partial charge >= 0.3 is 0 Å². The summed E-state index contributed by atoms with van der Waals surface area (Å²) < 4.78 is 1.14. The van der Waals surface area contributed by atoms with Gasteiger partial charge in [0.2, 0.25) is 0 Å². The fourth-order valence-corrected chi connectivity index (χ4v) is 2.09. The average Bonchev–Trinajstić information content (AvgIpc) is 2.46. The average molecular weight is 286 g/mol. The van der Waals surface area contributed by atoms with E-state index in [0.717, 1.165) is 10.5 Å². The maximum atomic E-state index is 12.0. The van der Waals surface area contributed by atoms with Crippen molar-refractivity contribution in [2.24, 2.45) is 7.05 Å². The van der Waals surface area contributed by atoms with Gasteiger partial charge < -0.3 is 10.2 Å². The Morgan fingerprint density at radius 2 is 2.14 bits per heavy atom. The van der Waals surface area contributed by atoms with E-state index in [0.29, 0.717) is 13.1 Å². The Kier molecular flexibility index (Phi) is 3.35. The van der Waals surface area contributed by atoms with Gasteiger partial charge in [-0.05, 0) is 6.07 Å². The Labute approximate surface area is 120 Å². The van der Waals surface area contributed by atoms with Gasteiger partial charge in [0.05, 0.1) is 12.2 Å². The van der Waals surface area contributed by atoms with E-state index < -0.39 is 0 Å². The fourth-order valence-electron chi connectivity index (χ4n) is 2.09. The summed E-state index contributed by atoms with van der Waals surface area (Å²) in [5.41, 5.74) is -0.0147. The van der Waals surface area contributed by atoms with Gasteiger partial charge in [-0.1, -0.05) is 0 Å². The molecule has 3 heterocycles. The number of rotatable bonds is 3. The van der Waals surface area contributed by atoms with E-state index in [-0.39, 0.29) is 23.2 Å². The fraction of sp³-hybridized carbons (Fsp3) is 0.308. The largest absolute Gasteiger partial charge is 0.351 e. The highest BCUT2D eigenvalue weighted by Gasteiger charge is 2.29. The van der Waals surface area contributed by atoms with Crippen molar-refractivity contribution < 1.29 is 4.79 Å². The van der Waals surface area contributed by atoms with E-state index in [4.69, 9.17) is 0 Å². The van der Waals surface area contributed by atoms with E-state index in [1.165, 1.54) is 19.2 Å². The van der Waals surface area contributed by atoms with Gasteiger partial charge in [-0.25, -0.2) is 9.67 Å². The number of amides is 1. The number of carbonyl (C=O) groups is 1. The number of nitrogens with zero attached hydrogens (tertiary/aromatic N) is 5. The Bertz CT molecular complexity index is 708. The first kappa shape index (κ1) is 13.2. The topological polar surface area (TPSA) is 93.0 Å². The second-order valence-electron chi connectivity index (χ2n) is 4.82. The van der Waals surface area contributed by atoms with Crippen LogP contribution in [0.25, 0.3) is 0 Å². The Balaban J connectivity index is 1.58. The summed E-state index contributed by atoms with van der Waals surface area (Å²) >= 11 is 0. The molecule has 0 bridgehead atoms. The zero-order valence-corrected chi connectivity index (χ0v) is 11.4. The molecule has 1 N–H and O–H groups in total. The predicted octanol–water partition coefficient (Wildman–Crippen LogP) is -0.811. The maximum absolute atomic E-state index is 12.0. The molecule has 2 aromatic heterocycles. The number of hydrogen-bond acceptors (Lipinski definition) is 6. The van der Waals surface area contributed by atoms with Gasteiger partial charge in [-0.15, -0.1) is 0 Å². The van der Waals surface area contributed by atoms with E-state index in [1.54, 1.807) is 18.6 Å². The third-order valence-electron chi connectivity index (χ3n) is 3.28. The highest BCUT2D eigenvalue weighted by molar-refractivity contribution is 5.92. The lowest BCUT2D eigenvalue weighted by atomic mass is 10.1. The smallest absolute Gasteiger partial charge is 0.272 e. The highest BCUT2D eigenvalue weighted by atomic mass is 16.2. The molecule has 1 aliphatic rings. The number of aromatic nitrogens is 4.